The summed E-state index contributed by atoms with van der Waals surface area (Å²) in [6, 6.07) is 1.16. The van der Waals surface area contributed by atoms with Crippen molar-refractivity contribution in [1.29, 1.82) is 0 Å². The number of aromatic nitrogens is 4. The number of anilines is 1. The molecule has 1 aromatic carbocycles. The fraction of sp³-hybridized carbons (Fsp3) is 0.267. The van der Waals surface area contributed by atoms with Crippen molar-refractivity contribution < 1.29 is 17.6 Å². The summed E-state index contributed by atoms with van der Waals surface area (Å²) in [6.07, 6.45) is 1.64. The summed E-state index contributed by atoms with van der Waals surface area (Å²) in [5, 5.41) is 6.93. The van der Waals surface area contributed by atoms with Gasteiger partial charge in [0.05, 0.1) is 11.1 Å². The first-order valence-corrected chi connectivity index (χ1v) is 11.1. The van der Waals surface area contributed by atoms with Crippen LogP contribution in [0.4, 0.5) is 19.0 Å². The lowest BCUT2D eigenvalue weighted by atomic mass is 10.1. The van der Waals surface area contributed by atoms with E-state index >= 15 is 0 Å². The van der Waals surface area contributed by atoms with Crippen LogP contribution in [-0.4, -0.2) is 41.2 Å². The number of halogens is 4. The molecule has 0 aliphatic heterocycles. The Balaban J connectivity index is 2.25. The molecule has 0 saturated heterocycles. The lowest BCUT2D eigenvalue weighted by Gasteiger charge is -2.22. The first-order chi connectivity index (χ1) is 12.2. The molecule has 0 radical (unpaired) electrons. The van der Waals surface area contributed by atoms with E-state index in [0.717, 1.165) is 0 Å². The van der Waals surface area contributed by atoms with Crippen LogP contribution in [0.3, 0.4) is 0 Å². The van der Waals surface area contributed by atoms with Crippen molar-refractivity contribution >= 4 is 31.5 Å². The van der Waals surface area contributed by atoms with Crippen LogP contribution in [-0.2, 0) is 4.43 Å². The van der Waals surface area contributed by atoms with Gasteiger partial charge in [0.2, 0.25) is 8.32 Å². The van der Waals surface area contributed by atoms with Gasteiger partial charge in [-0.2, -0.15) is 19.6 Å². The molecule has 6 nitrogen and oxygen atoms in total. The fourth-order valence-corrected chi connectivity index (χ4v) is 3.35. The second-order valence-electron chi connectivity index (χ2n) is 6.16. The molecule has 0 saturated carbocycles. The van der Waals surface area contributed by atoms with Crippen molar-refractivity contribution in [2.75, 3.05) is 18.6 Å². The van der Waals surface area contributed by atoms with Gasteiger partial charge in [0.1, 0.15) is 34.7 Å². The largest absolute Gasteiger partial charge is 0.419 e. The van der Waals surface area contributed by atoms with Gasteiger partial charge >= 0.3 is 0 Å². The summed E-state index contributed by atoms with van der Waals surface area (Å²) in [7, 11) is -0.492. The highest BCUT2D eigenvalue weighted by atomic mass is 35.5. The van der Waals surface area contributed by atoms with Gasteiger partial charge in [-0.3, -0.25) is 0 Å². The number of fused-ring (bicyclic) bond motifs is 1. The molecule has 0 amide bonds. The Labute approximate surface area is 153 Å². The Morgan fingerprint density at radius 3 is 2.46 bits per heavy atom. The second-order valence-corrected chi connectivity index (χ2v) is 10.8. The van der Waals surface area contributed by atoms with Gasteiger partial charge < -0.3 is 9.74 Å². The smallest absolute Gasteiger partial charge is 0.255 e. The standard InChI is InChI=1S/C15H15ClF3N5OSi/c1-25-26(2,3)7-21-14-12(11-9(18)4-8(17)5-10(11)19)13(16)23-15-20-6-22-24(14)15/h4-6,21H,7H2,1-3H3. The van der Waals surface area contributed by atoms with Crippen LogP contribution in [0.25, 0.3) is 16.9 Å². The van der Waals surface area contributed by atoms with Crippen molar-refractivity contribution in [3.63, 3.8) is 0 Å². The Morgan fingerprint density at radius 2 is 1.85 bits per heavy atom. The maximum absolute atomic E-state index is 14.4. The lowest BCUT2D eigenvalue weighted by Crippen LogP contribution is -2.38. The molecule has 0 fully saturated rings. The number of rotatable bonds is 5. The summed E-state index contributed by atoms with van der Waals surface area (Å²) < 4.78 is 48.8. The lowest BCUT2D eigenvalue weighted by molar-refractivity contribution is 0.406. The summed E-state index contributed by atoms with van der Waals surface area (Å²) in [5.74, 6) is -2.88. The molecule has 3 rings (SSSR count). The van der Waals surface area contributed by atoms with E-state index in [0.29, 0.717) is 18.3 Å². The van der Waals surface area contributed by atoms with Crippen LogP contribution in [0.15, 0.2) is 18.5 Å². The van der Waals surface area contributed by atoms with Crippen molar-refractivity contribution in [3.05, 3.63) is 41.1 Å². The number of benzene rings is 1. The first-order valence-electron chi connectivity index (χ1n) is 7.56. The van der Waals surface area contributed by atoms with Crippen molar-refractivity contribution in [2.24, 2.45) is 0 Å². The molecule has 138 valence electrons. The average Bonchev–Trinajstić information content (AvgIpc) is 3.01. The van der Waals surface area contributed by atoms with E-state index in [1.54, 1.807) is 7.11 Å². The molecule has 0 aliphatic carbocycles. The normalized spacial score (nSPS) is 12.0. The zero-order chi connectivity index (χ0) is 19.1. The van der Waals surface area contributed by atoms with Gasteiger partial charge in [0.15, 0.2) is 0 Å². The fourth-order valence-electron chi connectivity index (χ4n) is 2.35. The van der Waals surface area contributed by atoms with Gasteiger partial charge in [-0.05, 0) is 13.1 Å². The summed E-state index contributed by atoms with van der Waals surface area (Å²) in [6.45, 7) is 3.92. The maximum atomic E-state index is 14.4. The van der Waals surface area contributed by atoms with Crippen LogP contribution in [0.1, 0.15) is 0 Å². The molecular formula is C15H15ClF3N5OSi. The Bertz CT molecular complexity index is 958. The minimum absolute atomic E-state index is 0.0689. The third-order valence-electron chi connectivity index (χ3n) is 3.87. The van der Waals surface area contributed by atoms with E-state index in [1.807, 2.05) is 13.1 Å². The minimum Gasteiger partial charge on any atom is -0.419 e. The van der Waals surface area contributed by atoms with Gasteiger partial charge in [-0.25, -0.2) is 13.2 Å². The van der Waals surface area contributed by atoms with E-state index in [-0.39, 0.29) is 22.3 Å². The Hall–Kier alpha value is -2.17. The molecule has 0 bridgehead atoms. The van der Waals surface area contributed by atoms with E-state index < -0.39 is 31.3 Å². The zero-order valence-electron chi connectivity index (χ0n) is 14.1. The molecule has 3 aromatic rings. The number of hydrogen-bond donors (Lipinski definition) is 1. The van der Waals surface area contributed by atoms with Crippen LogP contribution in [0.2, 0.25) is 18.2 Å². The van der Waals surface area contributed by atoms with E-state index in [4.69, 9.17) is 16.0 Å². The highest BCUT2D eigenvalue weighted by Gasteiger charge is 2.27. The molecular weight excluding hydrogens is 387 g/mol. The average molecular weight is 402 g/mol. The van der Waals surface area contributed by atoms with E-state index in [9.17, 15) is 13.2 Å². The zero-order valence-corrected chi connectivity index (χ0v) is 15.9. The SMILES string of the molecule is CO[Si](C)(C)CNc1c(-c2c(F)cc(F)cc2F)c(Cl)nc2ncnn12. The van der Waals surface area contributed by atoms with Crippen LogP contribution >= 0.6 is 11.6 Å². The third kappa shape index (κ3) is 3.39. The predicted octanol–water partition coefficient (Wildman–Crippen LogP) is 3.66. The predicted molar refractivity (Wildman–Crippen MR) is 94.1 cm³/mol. The van der Waals surface area contributed by atoms with Gasteiger partial charge in [0.25, 0.3) is 5.78 Å². The first kappa shape index (κ1) is 18.6. The summed E-state index contributed by atoms with van der Waals surface area (Å²) in [5.41, 5.74) is -0.568. The van der Waals surface area contributed by atoms with Crippen LogP contribution in [0.5, 0.6) is 0 Å². The van der Waals surface area contributed by atoms with Crippen LogP contribution in [0, 0.1) is 17.5 Å². The number of nitrogens with zero attached hydrogens (tertiary/aromatic N) is 4. The minimum atomic E-state index is -2.09. The van der Waals surface area contributed by atoms with E-state index in [2.05, 4.69) is 20.4 Å². The van der Waals surface area contributed by atoms with Gasteiger partial charge in [-0.1, -0.05) is 11.6 Å². The van der Waals surface area contributed by atoms with Crippen molar-refractivity contribution in [3.8, 4) is 11.1 Å². The molecule has 2 heterocycles. The van der Waals surface area contributed by atoms with E-state index in [1.165, 1.54) is 10.8 Å². The number of nitrogens with one attached hydrogen (secondary N) is 1. The van der Waals surface area contributed by atoms with Crippen molar-refractivity contribution in [2.45, 2.75) is 13.1 Å². The summed E-state index contributed by atoms with van der Waals surface area (Å²) >= 11 is 6.19. The summed E-state index contributed by atoms with van der Waals surface area (Å²) in [4.78, 5) is 7.96. The molecule has 0 spiro atoms. The molecule has 0 aliphatic rings. The molecule has 26 heavy (non-hydrogen) atoms. The maximum Gasteiger partial charge on any atom is 0.255 e. The highest BCUT2D eigenvalue weighted by molar-refractivity contribution is 6.71. The van der Waals surface area contributed by atoms with Gasteiger partial charge in [0, 0.05) is 25.4 Å². The molecule has 0 unspecified atom stereocenters. The molecule has 2 aromatic heterocycles. The van der Waals surface area contributed by atoms with Crippen LogP contribution < -0.4 is 5.32 Å². The van der Waals surface area contributed by atoms with Crippen molar-refractivity contribution in [1.82, 2.24) is 19.6 Å². The molecule has 0 atom stereocenters. The highest BCUT2D eigenvalue weighted by Crippen LogP contribution is 2.37. The topological polar surface area (TPSA) is 64.3 Å². The molecule has 1 N–H and O–H groups in total. The second kappa shape index (κ2) is 6.86. The third-order valence-corrected chi connectivity index (χ3v) is 6.28. The Morgan fingerprint density at radius 1 is 1.19 bits per heavy atom. The van der Waals surface area contributed by atoms with Gasteiger partial charge in [-0.15, -0.1) is 0 Å². The molecule has 11 heteroatoms. The quantitative estimate of drug-likeness (QED) is 0.522. The number of hydrogen-bond acceptors (Lipinski definition) is 5. The monoisotopic (exact) mass is 401 g/mol. The Kier molecular flexibility index (Phi) is 4.91.